The topological polar surface area (TPSA) is 56.2 Å². The van der Waals surface area contributed by atoms with Gasteiger partial charge in [-0.2, -0.15) is 0 Å². The highest BCUT2D eigenvalue weighted by atomic mass is 79.9. The number of thiophene rings is 1. The van der Waals surface area contributed by atoms with E-state index < -0.39 is 0 Å². The van der Waals surface area contributed by atoms with Crippen LogP contribution in [0, 0.1) is 5.41 Å². The molecule has 0 aliphatic carbocycles. The summed E-state index contributed by atoms with van der Waals surface area (Å²) in [6.45, 7) is 0. The van der Waals surface area contributed by atoms with Gasteiger partial charge in [0.1, 0.15) is 11.9 Å². The van der Waals surface area contributed by atoms with Crippen LogP contribution in [0.15, 0.2) is 15.9 Å². The van der Waals surface area contributed by atoms with Crippen LogP contribution < -0.4 is 5.32 Å². The molecule has 74 valence electrons. The van der Waals surface area contributed by atoms with E-state index in [1.807, 2.05) is 11.4 Å². The predicted molar refractivity (Wildman–Crippen MR) is 58.8 cm³/mol. The average molecular weight is 274 g/mol. The molecule has 1 aromatic rings. The molecule has 1 aliphatic rings. The number of nitrogens with one attached hydrogen (secondary N) is 2. The highest BCUT2D eigenvalue weighted by molar-refractivity contribution is 9.10. The monoisotopic (exact) mass is 273 g/mol. The van der Waals surface area contributed by atoms with E-state index in [-0.39, 0.29) is 17.9 Å². The number of hydrogen-bond acceptors (Lipinski definition) is 3. The summed E-state index contributed by atoms with van der Waals surface area (Å²) in [5.41, 5.74) is 0. The fourth-order valence-electron chi connectivity index (χ4n) is 1.39. The third-order valence-corrected chi connectivity index (χ3v) is 3.83. The van der Waals surface area contributed by atoms with Gasteiger partial charge in [0.15, 0.2) is 0 Å². The van der Waals surface area contributed by atoms with Crippen molar-refractivity contribution < 1.29 is 4.79 Å². The first-order valence-corrected chi connectivity index (χ1v) is 5.63. The fourth-order valence-corrected chi connectivity index (χ4v) is 2.98. The summed E-state index contributed by atoms with van der Waals surface area (Å²) < 4.78 is 0.984. The highest BCUT2D eigenvalue weighted by Gasteiger charge is 2.34. The molecule has 0 radical (unpaired) electrons. The Balaban J connectivity index is 2.35. The zero-order valence-electron chi connectivity index (χ0n) is 7.37. The van der Waals surface area contributed by atoms with Crippen molar-refractivity contribution in [3.05, 3.63) is 20.8 Å². The van der Waals surface area contributed by atoms with Crippen molar-refractivity contribution in [3.8, 4) is 0 Å². The van der Waals surface area contributed by atoms with Crippen molar-refractivity contribution in [2.24, 2.45) is 0 Å². The van der Waals surface area contributed by atoms with Crippen molar-refractivity contribution >= 4 is 39.1 Å². The van der Waals surface area contributed by atoms with Gasteiger partial charge in [0.05, 0.1) is 0 Å². The van der Waals surface area contributed by atoms with E-state index in [0.29, 0.717) is 0 Å². The van der Waals surface area contributed by atoms with Crippen molar-refractivity contribution in [1.29, 1.82) is 5.41 Å². The minimum Gasteiger partial charge on any atom is -0.312 e. The molecule has 1 saturated heterocycles. The van der Waals surface area contributed by atoms with Gasteiger partial charge in [-0.15, -0.1) is 11.3 Å². The van der Waals surface area contributed by atoms with E-state index in [9.17, 15) is 4.79 Å². The highest BCUT2D eigenvalue weighted by Crippen LogP contribution is 2.31. The van der Waals surface area contributed by atoms with E-state index in [0.717, 1.165) is 9.35 Å². The molecule has 1 aliphatic heterocycles. The molecule has 0 spiro atoms. The van der Waals surface area contributed by atoms with Crippen LogP contribution in [0.25, 0.3) is 0 Å². The molecule has 1 unspecified atom stereocenters. The Labute approximate surface area is 93.5 Å². The normalized spacial score (nSPS) is 21.6. The van der Waals surface area contributed by atoms with E-state index in [1.165, 1.54) is 16.2 Å². The van der Waals surface area contributed by atoms with Crippen molar-refractivity contribution in [2.75, 3.05) is 7.05 Å². The summed E-state index contributed by atoms with van der Waals surface area (Å²) in [6, 6.07) is 1.46. The van der Waals surface area contributed by atoms with Crippen molar-refractivity contribution in [3.63, 3.8) is 0 Å². The van der Waals surface area contributed by atoms with Crippen LogP contribution in [0.2, 0.25) is 0 Å². The number of halogens is 1. The van der Waals surface area contributed by atoms with Gasteiger partial charge in [0, 0.05) is 21.8 Å². The van der Waals surface area contributed by atoms with Gasteiger partial charge in [-0.3, -0.25) is 10.7 Å². The van der Waals surface area contributed by atoms with E-state index in [4.69, 9.17) is 5.41 Å². The van der Waals surface area contributed by atoms with E-state index in [2.05, 4.69) is 21.2 Å². The smallest absolute Gasteiger partial charge is 0.312 e. The quantitative estimate of drug-likeness (QED) is 0.810. The van der Waals surface area contributed by atoms with Gasteiger partial charge in [-0.25, -0.2) is 4.79 Å². The van der Waals surface area contributed by atoms with Crippen LogP contribution >= 0.6 is 27.3 Å². The zero-order chi connectivity index (χ0) is 10.3. The second-order valence-electron chi connectivity index (χ2n) is 3.02. The first kappa shape index (κ1) is 9.67. The molecule has 2 N–H and O–H groups in total. The van der Waals surface area contributed by atoms with Gasteiger partial charge in [0.25, 0.3) is 0 Å². The summed E-state index contributed by atoms with van der Waals surface area (Å²) >= 11 is 4.89. The minimum absolute atomic E-state index is 0.218. The molecule has 0 saturated carbocycles. The first-order chi connectivity index (χ1) is 6.59. The number of hydrogen-bond donors (Lipinski definition) is 2. The lowest BCUT2D eigenvalue weighted by Gasteiger charge is -2.15. The van der Waals surface area contributed by atoms with Gasteiger partial charge < -0.3 is 4.90 Å². The lowest BCUT2D eigenvalue weighted by Crippen LogP contribution is -2.24. The Hall–Kier alpha value is -0.880. The number of amides is 2. The second kappa shape index (κ2) is 3.36. The third-order valence-electron chi connectivity index (χ3n) is 2.08. The first-order valence-electron chi connectivity index (χ1n) is 3.96. The van der Waals surface area contributed by atoms with Crippen molar-refractivity contribution in [2.45, 2.75) is 6.04 Å². The number of rotatable bonds is 1. The second-order valence-corrected chi connectivity index (χ2v) is 4.88. The molecular weight excluding hydrogens is 266 g/mol. The molecule has 2 rings (SSSR count). The predicted octanol–water partition coefficient (Wildman–Crippen LogP) is 2.18. The van der Waals surface area contributed by atoms with E-state index in [1.54, 1.807) is 7.05 Å². The Bertz CT molecular complexity index is 403. The van der Waals surface area contributed by atoms with Crippen molar-refractivity contribution in [1.82, 2.24) is 10.2 Å². The Morgan fingerprint density at radius 2 is 2.43 bits per heavy atom. The Morgan fingerprint density at radius 3 is 2.86 bits per heavy atom. The summed E-state index contributed by atoms with van der Waals surface area (Å²) in [5.74, 6) is 0.242. The summed E-state index contributed by atoms with van der Waals surface area (Å²) in [6.07, 6.45) is 0. The molecule has 4 nitrogen and oxygen atoms in total. The van der Waals surface area contributed by atoms with E-state index >= 15 is 0 Å². The number of amidine groups is 1. The SMILES string of the molecule is CN1C(=O)NC(=N)C1c1cc(Br)cs1. The van der Waals surface area contributed by atoms with Gasteiger partial charge in [0.2, 0.25) is 0 Å². The molecule has 2 heterocycles. The van der Waals surface area contributed by atoms with Crippen LogP contribution in [0.1, 0.15) is 10.9 Å². The molecule has 6 heteroatoms. The molecular formula is C8H8BrN3OS. The summed E-state index contributed by atoms with van der Waals surface area (Å²) in [4.78, 5) is 13.8. The standard InChI is InChI=1S/C8H8BrN3OS/c1-12-6(7(10)11-8(12)13)5-2-4(9)3-14-5/h2-3,6H,1H3,(H2,10,11,13). The fraction of sp³-hybridized carbons (Fsp3) is 0.250. The lowest BCUT2D eigenvalue weighted by molar-refractivity contribution is 0.218. The maximum Gasteiger partial charge on any atom is 0.323 e. The van der Waals surface area contributed by atoms with Crippen LogP contribution in [0.5, 0.6) is 0 Å². The Kier molecular flexibility index (Phi) is 2.32. The molecule has 1 fully saturated rings. The number of nitrogens with zero attached hydrogens (tertiary/aromatic N) is 1. The molecule has 2 amide bonds. The maximum absolute atomic E-state index is 11.2. The zero-order valence-corrected chi connectivity index (χ0v) is 9.78. The molecule has 1 atom stereocenters. The molecule has 0 aromatic carbocycles. The van der Waals surface area contributed by atoms with Crippen LogP contribution in [-0.2, 0) is 0 Å². The van der Waals surface area contributed by atoms with Gasteiger partial charge in [-0.1, -0.05) is 0 Å². The summed E-state index contributed by atoms with van der Waals surface area (Å²) in [5, 5.41) is 12.1. The largest absolute Gasteiger partial charge is 0.323 e. The van der Waals surface area contributed by atoms with Gasteiger partial charge in [-0.05, 0) is 22.0 Å². The lowest BCUT2D eigenvalue weighted by atomic mass is 10.2. The third kappa shape index (κ3) is 1.44. The van der Waals surface area contributed by atoms with Crippen LogP contribution in [0.4, 0.5) is 4.79 Å². The number of carbonyl (C=O) groups excluding carboxylic acids is 1. The molecule has 1 aromatic heterocycles. The molecule has 14 heavy (non-hydrogen) atoms. The number of likely N-dealkylation sites (N-methyl/N-ethyl adjacent to an activating group) is 1. The Morgan fingerprint density at radius 1 is 1.71 bits per heavy atom. The number of urea groups is 1. The van der Waals surface area contributed by atoms with Gasteiger partial charge >= 0.3 is 6.03 Å². The van der Waals surface area contributed by atoms with Crippen LogP contribution in [0.3, 0.4) is 0 Å². The van der Waals surface area contributed by atoms with Crippen LogP contribution in [-0.4, -0.2) is 23.8 Å². The average Bonchev–Trinajstić information content (AvgIpc) is 2.60. The minimum atomic E-state index is -0.251. The maximum atomic E-state index is 11.2. The molecule has 0 bridgehead atoms. The summed E-state index contributed by atoms with van der Waals surface area (Å²) in [7, 11) is 1.69. The number of carbonyl (C=O) groups is 1.